The van der Waals surface area contributed by atoms with Gasteiger partial charge in [-0.2, -0.15) is 0 Å². The Morgan fingerprint density at radius 1 is 1.22 bits per heavy atom. The number of carbonyl (C=O) groups excluding carboxylic acids is 1. The maximum absolute atomic E-state index is 13.4. The van der Waals surface area contributed by atoms with Crippen LogP contribution in [0.2, 0.25) is 0 Å². The maximum Gasteiger partial charge on any atom is 0.245 e. The summed E-state index contributed by atoms with van der Waals surface area (Å²) >= 11 is 0. The standard InChI is InChI=1S/C18H27FN3O/c1-14(18(23)20-9-11-22(2,3)12-10-20)21-8-4-5-15-13-16(19)6-7-17(15)21/h6-7,13-14H,4-5,8-12H2,1-3H3/q+1. The summed E-state index contributed by atoms with van der Waals surface area (Å²) in [6, 6.07) is 4.74. The number of rotatable bonds is 2. The summed E-state index contributed by atoms with van der Waals surface area (Å²) in [4.78, 5) is 17.0. The molecule has 0 aliphatic carbocycles. The van der Waals surface area contributed by atoms with Crippen LogP contribution in [0.5, 0.6) is 0 Å². The molecule has 1 saturated heterocycles. The number of amides is 1. The maximum atomic E-state index is 13.4. The molecule has 2 heterocycles. The average Bonchev–Trinajstić information content (AvgIpc) is 2.52. The van der Waals surface area contributed by atoms with E-state index < -0.39 is 0 Å². The third-order valence-electron chi connectivity index (χ3n) is 5.28. The first kappa shape index (κ1) is 16.2. The lowest BCUT2D eigenvalue weighted by Crippen LogP contribution is -2.59. The number of hydrogen-bond donors (Lipinski definition) is 0. The minimum Gasteiger partial charge on any atom is -0.360 e. The zero-order valence-electron chi connectivity index (χ0n) is 14.4. The zero-order chi connectivity index (χ0) is 16.6. The van der Waals surface area contributed by atoms with Crippen molar-refractivity contribution in [1.29, 1.82) is 0 Å². The van der Waals surface area contributed by atoms with Gasteiger partial charge in [0.05, 0.1) is 40.3 Å². The van der Waals surface area contributed by atoms with Gasteiger partial charge in [-0.3, -0.25) is 4.79 Å². The van der Waals surface area contributed by atoms with E-state index in [-0.39, 0.29) is 17.8 Å². The minimum absolute atomic E-state index is 0.187. The molecule has 0 radical (unpaired) electrons. The molecule has 0 bridgehead atoms. The van der Waals surface area contributed by atoms with Crippen molar-refractivity contribution in [2.75, 3.05) is 51.7 Å². The first-order chi connectivity index (χ1) is 10.9. The predicted molar refractivity (Wildman–Crippen MR) is 90.0 cm³/mol. The summed E-state index contributed by atoms with van der Waals surface area (Å²) in [6.07, 6.45) is 1.86. The molecular weight excluding hydrogens is 293 g/mol. The average molecular weight is 320 g/mol. The summed E-state index contributed by atoms with van der Waals surface area (Å²) in [5.74, 6) is 0.00230. The number of likely N-dealkylation sites (N-methyl/N-ethyl adjacent to an activating group) is 1. The smallest absolute Gasteiger partial charge is 0.245 e. The van der Waals surface area contributed by atoms with E-state index in [1.807, 2.05) is 17.9 Å². The molecule has 1 amide bonds. The number of benzene rings is 1. The fourth-order valence-corrected chi connectivity index (χ4v) is 3.62. The van der Waals surface area contributed by atoms with Crippen LogP contribution in [-0.2, 0) is 11.2 Å². The lowest BCUT2D eigenvalue weighted by Gasteiger charge is -2.42. The number of carbonyl (C=O) groups is 1. The Balaban J connectivity index is 1.74. The molecule has 2 aliphatic heterocycles. The Hall–Kier alpha value is -1.62. The molecular formula is C18H27FN3O+. The molecule has 0 aromatic heterocycles. The Bertz CT molecular complexity index is 592. The Morgan fingerprint density at radius 3 is 2.61 bits per heavy atom. The van der Waals surface area contributed by atoms with E-state index >= 15 is 0 Å². The number of piperazine rings is 1. The van der Waals surface area contributed by atoms with Gasteiger partial charge >= 0.3 is 0 Å². The van der Waals surface area contributed by atoms with Crippen molar-refractivity contribution in [3.8, 4) is 0 Å². The van der Waals surface area contributed by atoms with Crippen molar-refractivity contribution >= 4 is 11.6 Å². The summed E-state index contributed by atoms with van der Waals surface area (Å²) in [5.41, 5.74) is 2.04. The molecule has 5 heteroatoms. The first-order valence-electron chi connectivity index (χ1n) is 8.53. The SMILES string of the molecule is CC(C(=O)N1CC[N+](C)(C)CC1)N1CCCc2cc(F)ccc21. The molecule has 23 heavy (non-hydrogen) atoms. The van der Waals surface area contributed by atoms with Gasteiger partial charge in [-0.25, -0.2) is 4.39 Å². The van der Waals surface area contributed by atoms with Crippen LogP contribution in [0.25, 0.3) is 0 Å². The van der Waals surface area contributed by atoms with Crippen LogP contribution in [-0.4, -0.2) is 68.2 Å². The van der Waals surface area contributed by atoms with E-state index in [2.05, 4.69) is 19.0 Å². The lowest BCUT2D eigenvalue weighted by molar-refractivity contribution is -0.894. The summed E-state index contributed by atoms with van der Waals surface area (Å²) in [6.45, 7) is 6.48. The number of anilines is 1. The van der Waals surface area contributed by atoms with Crippen LogP contribution in [0, 0.1) is 5.82 Å². The van der Waals surface area contributed by atoms with Gasteiger partial charge in [0.1, 0.15) is 11.9 Å². The molecule has 1 unspecified atom stereocenters. The highest BCUT2D eigenvalue weighted by Crippen LogP contribution is 2.30. The van der Waals surface area contributed by atoms with Gasteiger partial charge in [0.25, 0.3) is 0 Å². The second-order valence-corrected chi connectivity index (χ2v) is 7.45. The van der Waals surface area contributed by atoms with Gasteiger partial charge in [-0.05, 0) is 43.5 Å². The normalized spacial score (nSPS) is 21.7. The molecule has 4 nitrogen and oxygen atoms in total. The van der Waals surface area contributed by atoms with Crippen molar-refractivity contribution in [2.45, 2.75) is 25.8 Å². The van der Waals surface area contributed by atoms with Gasteiger partial charge in [0.2, 0.25) is 5.91 Å². The van der Waals surface area contributed by atoms with E-state index in [0.29, 0.717) is 0 Å². The van der Waals surface area contributed by atoms with Crippen molar-refractivity contribution < 1.29 is 13.7 Å². The van der Waals surface area contributed by atoms with Crippen LogP contribution in [0.4, 0.5) is 10.1 Å². The van der Waals surface area contributed by atoms with Crippen molar-refractivity contribution in [1.82, 2.24) is 4.90 Å². The minimum atomic E-state index is -0.194. The highest BCUT2D eigenvalue weighted by atomic mass is 19.1. The molecule has 1 atom stereocenters. The molecule has 0 N–H and O–H groups in total. The Labute approximate surface area is 138 Å². The predicted octanol–water partition coefficient (Wildman–Crippen LogP) is 1.89. The van der Waals surface area contributed by atoms with E-state index in [1.54, 1.807) is 6.07 Å². The molecule has 3 rings (SSSR count). The molecule has 0 saturated carbocycles. The highest BCUT2D eigenvalue weighted by molar-refractivity contribution is 5.85. The van der Waals surface area contributed by atoms with Gasteiger partial charge in [-0.1, -0.05) is 0 Å². The summed E-state index contributed by atoms with van der Waals surface area (Å²) in [7, 11) is 4.42. The fourth-order valence-electron chi connectivity index (χ4n) is 3.62. The number of aryl methyl sites for hydroxylation is 1. The van der Waals surface area contributed by atoms with Crippen LogP contribution in [0.15, 0.2) is 18.2 Å². The molecule has 1 aromatic carbocycles. The van der Waals surface area contributed by atoms with Crippen LogP contribution in [0.1, 0.15) is 18.9 Å². The number of quaternary nitrogens is 1. The second-order valence-electron chi connectivity index (χ2n) is 7.45. The topological polar surface area (TPSA) is 23.6 Å². The molecule has 1 fully saturated rings. The lowest BCUT2D eigenvalue weighted by atomic mass is 9.99. The number of nitrogens with zero attached hydrogens (tertiary/aromatic N) is 3. The van der Waals surface area contributed by atoms with Gasteiger partial charge in [0, 0.05) is 12.2 Å². The number of halogens is 1. The van der Waals surface area contributed by atoms with Crippen molar-refractivity contribution in [2.24, 2.45) is 0 Å². The number of fused-ring (bicyclic) bond motifs is 1. The summed E-state index contributed by atoms with van der Waals surface area (Å²) in [5, 5.41) is 0. The largest absolute Gasteiger partial charge is 0.360 e. The van der Waals surface area contributed by atoms with Crippen LogP contribution < -0.4 is 4.90 Å². The monoisotopic (exact) mass is 320 g/mol. The van der Waals surface area contributed by atoms with E-state index in [0.717, 1.165) is 61.3 Å². The zero-order valence-corrected chi connectivity index (χ0v) is 14.4. The van der Waals surface area contributed by atoms with E-state index in [4.69, 9.17) is 0 Å². The number of hydrogen-bond acceptors (Lipinski definition) is 2. The van der Waals surface area contributed by atoms with Gasteiger partial charge in [-0.15, -0.1) is 0 Å². The molecule has 0 spiro atoms. The van der Waals surface area contributed by atoms with Crippen molar-refractivity contribution in [3.63, 3.8) is 0 Å². The summed E-state index contributed by atoms with van der Waals surface area (Å²) < 4.78 is 14.4. The van der Waals surface area contributed by atoms with Crippen LogP contribution in [0.3, 0.4) is 0 Å². The third kappa shape index (κ3) is 3.34. The Morgan fingerprint density at radius 2 is 1.91 bits per heavy atom. The van der Waals surface area contributed by atoms with Crippen LogP contribution >= 0.6 is 0 Å². The fraction of sp³-hybridized carbons (Fsp3) is 0.611. The van der Waals surface area contributed by atoms with Gasteiger partial charge < -0.3 is 14.3 Å². The van der Waals surface area contributed by atoms with Gasteiger partial charge in [0.15, 0.2) is 0 Å². The quantitative estimate of drug-likeness (QED) is 0.777. The Kier molecular flexibility index (Phi) is 4.32. The van der Waals surface area contributed by atoms with E-state index in [9.17, 15) is 9.18 Å². The highest BCUT2D eigenvalue weighted by Gasteiger charge is 2.33. The molecule has 2 aliphatic rings. The third-order valence-corrected chi connectivity index (χ3v) is 5.28. The first-order valence-corrected chi connectivity index (χ1v) is 8.53. The van der Waals surface area contributed by atoms with Crippen molar-refractivity contribution in [3.05, 3.63) is 29.6 Å². The molecule has 1 aromatic rings. The van der Waals surface area contributed by atoms with E-state index in [1.165, 1.54) is 6.07 Å². The second kappa shape index (κ2) is 6.11. The molecule has 126 valence electrons.